The van der Waals surface area contributed by atoms with Crippen LogP contribution in [0.2, 0.25) is 0 Å². The van der Waals surface area contributed by atoms with Crippen LogP contribution in [0.4, 0.5) is 52.7 Å². The zero-order valence-electron chi connectivity index (χ0n) is 13.3. The van der Waals surface area contributed by atoms with Crippen LogP contribution in [-0.4, -0.2) is 54.9 Å². The highest BCUT2D eigenvalue weighted by atomic mass is 32.2. The third-order valence-corrected chi connectivity index (χ3v) is 3.65. The Kier molecular flexibility index (Phi) is 9.38. The number of alkyl halides is 12. The van der Waals surface area contributed by atoms with Crippen LogP contribution in [0.15, 0.2) is 12.7 Å². The summed E-state index contributed by atoms with van der Waals surface area (Å²) in [7, 11) is -7.36. The molecule has 0 bridgehead atoms. The second-order valence-electron chi connectivity index (χ2n) is 4.91. The van der Waals surface area contributed by atoms with Crippen LogP contribution in [0.1, 0.15) is 12.8 Å². The van der Waals surface area contributed by atoms with E-state index in [1.165, 1.54) is 0 Å². The largest absolute Gasteiger partial charge is 0.438 e. The molecule has 0 saturated heterocycles. The third-order valence-electron chi connectivity index (χ3n) is 2.74. The monoisotopic (exact) mass is 467 g/mol. The summed E-state index contributed by atoms with van der Waals surface area (Å²) in [6.07, 6.45) is -13.4. The molecule has 0 radical (unpaired) electrons. The van der Waals surface area contributed by atoms with Crippen molar-refractivity contribution < 1.29 is 65.7 Å². The topological polar surface area (TPSA) is 80.4 Å². The first kappa shape index (κ1) is 29.0. The van der Waals surface area contributed by atoms with Gasteiger partial charge in [-0.05, 0) is 6.42 Å². The highest BCUT2D eigenvalue weighted by molar-refractivity contribution is 7.87. The van der Waals surface area contributed by atoms with Crippen molar-refractivity contribution in [3.8, 4) is 0 Å². The highest BCUT2D eigenvalue weighted by Gasteiger charge is 2.85. The van der Waals surface area contributed by atoms with Crippen LogP contribution in [0.3, 0.4) is 0 Å². The second kappa shape index (κ2) is 9.06. The number of rotatable bonds is 8. The Hall–Kier alpha value is -1.23. The quantitative estimate of drug-likeness (QED) is 0.319. The van der Waals surface area contributed by atoms with Crippen molar-refractivity contribution in [1.29, 1.82) is 0 Å². The molecule has 0 heterocycles. The first-order valence-electron chi connectivity index (χ1n) is 6.54. The zero-order chi connectivity index (χ0) is 23.4. The van der Waals surface area contributed by atoms with Gasteiger partial charge in [-0.15, -0.1) is 6.58 Å². The van der Waals surface area contributed by atoms with Crippen molar-refractivity contribution in [2.75, 3.05) is 6.54 Å². The van der Waals surface area contributed by atoms with Gasteiger partial charge >= 0.3 is 39.3 Å². The fraction of sp³-hybridized carbons (Fsp3) is 0.818. The van der Waals surface area contributed by atoms with Crippen molar-refractivity contribution >= 4 is 10.1 Å². The van der Waals surface area contributed by atoms with Gasteiger partial charge in [-0.3, -0.25) is 4.55 Å². The summed E-state index contributed by atoms with van der Waals surface area (Å²) in [5.74, 6) is -21.8. The lowest BCUT2D eigenvalue weighted by Gasteiger charge is -2.36. The Labute approximate surface area is 150 Å². The first-order chi connectivity index (χ1) is 12.0. The van der Waals surface area contributed by atoms with Crippen LogP contribution < -0.4 is 5.73 Å². The fourth-order valence-electron chi connectivity index (χ4n) is 1.22. The summed E-state index contributed by atoms with van der Waals surface area (Å²) < 4.78 is 179. The lowest BCUT2D eigenvalue weighted by Crippen LogP contribution is -2.66. The van der Waals surface area contributed by atoms with Crippen molar-refractivity contribution in [2.45, 2.75) is 48.2 Å². The van der Waals surface area contributed by atoms with E-state index in [0.29, 0.717) is 6.54 Å². The normalized spacial score (nSPS) is 15.5. The summed E-state index contributed by atoms with van der Waals surface area (Å²) in [4.78, 5) is 0. The van der Waals surface area contributed by atoms with Crippen molar-refractivity contribution in [1.82, 2.24) is 0 Å². The Morgan fingerprint density at radius 2 is 1.29 bits per heavy atom. The molecular formula is C11H13F12NO3S. The third kappa shape index (κ3) is 6.13. The molecule has 0 aliphatic heterocycles. The van der Waals surface area contributed by atoms with E-state index in [1.54, 1.807) is 6.08 Å². The van der Waals surface area contributed by atoms with E-state index >= 15 is 0 Å². The molecule has 17 heteroatoms. The minimum atomic E-state index is -7.56. The molecule has 0 aromatic heterocycles. The predicted molar refractivity (Wildman–Crippen MR) is 70.8 cm³/mol. The van der Waals surface area contributed by atoms with Crippen molar-refractivity contribution in [2.24, 2.45) is 5.73 Å². The maximum atomic E-state index is 13.0. The molecule has 0 amide bonds. The minimum absolute atomic E-state index is 0.583. The van der Waals surface area contributed by atoms with E-state index in [4.69, 9.17) is 10.3 Å². The predicted octanol–water partition coefficient (Wildman–Crippen LogP) is 4.18. The molecule has 0 aliphatic rings. The van der Waals surface area contributed by atoms with Gasteiger partial charge in [0.2, 0.25) is 0 Å². The van der Waals surface area contributed by atoms with E-state index in [0.717, 1.165) is 0 Å². The van der Waals surface area contributed by atoms with Gasteiger partial charge in [-0.25, -0.2) is 4.39 Å². The van der Waals surface area contributed by atoms with Gasteiger partial charge in [0.05, 0.1) is 0 Å². The summed E-state index contributed by atoms with van der Waals surface area (Å²) in [6.45, 7) is 3.94. The molecule has 0 aromatic carbocycles. The second-order valence-corrected chi connectivity index (χ2v) is 6.37. The van der Waals surface area contributed by atoms with Crippen molar-refractivity contribution in [3.63, 3.8) is 0 Å². The van der Waals surface area contributed by atoms with Gasteiger partial charge in [0, 0.05) is 13.0 Å². The molecule has 1 unspecified atom stereocenters. The van der Waals surface area contributed by atoms with Crippen LogP contribution in [0, 0.1) is 0 Å². The van der Waals surface area contributed by atoms with Gasteiger partial charge in [0.1, 0.15) is 0 Å². The van der Waals surface area contributed by atoms with E-state index in [9.17, 15) is 61.1 Å². The molecule has 0 aliphatic carbocycles. The van der Waals surface area contributed by atoms with E-state index in [1.807, 2.05) is 0 Å². The molecule has 0 fully saturated rings. The molecule has 0 rings (SSSR count). The molecule has 4 nitrogen and oxygen atoms in total. The summed E-state index contributed by atoms with van der Waals surface area (Å²) >= 11 is 0. The smallest absolute Gasteiger partial charge is 0.327 e. The van der Waals surface area contributed by atoms with Gasteiger partial charge in [0.25, 0.3) is 0 Å². The maximum Gasteiger partial charge on any atom is 0.438 e. The molecule has 0 aromatic rings. The number of halogens is 12. The lowest BCUT2D eigenvalue weighted by atomic mass is 9.97. The number of nitrogens with two attached hydrogens (primary N) is 1. The average molecular weight is 467 g/mol. The van der Waals surface area contributed by atoms with Crippen LogP contribution >= 0.6 is 0 Å². The molecule has 1 atom stereocenters. The SMILES string of the molecule is C=CCN.O=S(=O)(O)C(F)(F)C(F)(F)C(F)(F)C(F)(F)C(F)CCC(F)(F)F. The number of hydrogen-bond acceptors (Lipinski definition) is 3. The van der Waals surface area contributed by atoms with Crippen LogP contribution in [0.5, 0.6) is 0 Å². The van der Waals surface area contributed by atoms with Gasteiger partial charge in [0.15, 0.2) is 6.17 Å². The van der Waals surface area contributed by atoms with E-state index in [2.05, 4.69) is 6.58 Å². The molecule has 0 saturated carbocycles. The Morgan fingerprint density at radius 3 is 1.54 bits per heavy atom. The molecule has 28 heavy (non-hydrogen) atoms. The highest BCUT2D eigenvalue weighted by Crippen LogP contribution is 2.55. The van der Waals surface area contributed by atoms with E-state index < -0.39 is 58.3 Å². The zero-order valence-corrected chi connectivity index (χ0v) is 14.1. The number of hydrogen-bond donors (Lipinski definition) is 2. The summed E-state index contributed by atoms with van der Waals surface area (Å²) in [5.41, 5.74) is 4.91. The molecular weight excluding hydrogens is 454 g/mol. The average Bonchev–Trinajstić information content (AvgIpc) is 2.50. The standard InChI is InChI=1S/C8H6F12O3S.C3H7N/c9-3(1-2-4(10,11)12)5(13,14)6(15,16)7(17,18)8(19,20)24(21,22)23;1-2-3-4/h3H,1-2H2,(H,21,22,23);2H,1,3-4H2. The fourth-order valence-corrected chi connectivity index (χ4v) is 1.67. The van der Waals surface area contributed by atoms with Gasteiger partial charge in [-0.2, -0.15) is 56.7 Å². The van der Waals surface area contributed by atoms with Gasteiger partial charge < -0.3 is 5.73 Å². The molecule has 170 valence electrons. The summed E-state index contributed by atoms with van der Waals surface area (Å²) in [6, 6.07) is 0. The lowest BCUT2D eigenvalue weighted by molar-refractivity contribution is -0.360. The Bertz CT molecular complexity index is 617. The van der Waals surface area contributed by atoms with E-state index in [-0.39, 0.29) is 0 Å². The summed E-state index contributed by atoms with van der Waals surface area (Å²) in [5, 5.41) is -7.18. The van der Waals surface area contributed by atoms with Crippen LogP contribution in [0.25, 0.3) is 0 Å². The first-order valence-corrected chi connectivity index (χ1v) is 7.98. The minimum Gasteiger partial charge on any atom is -0.327 e. The van der Waals surface area contributed by atoms with Gasteiger partial charge in [-0.1, -0.05) is 6.08 Å². The van der Waals surface area contributed by atoms with Crippen molar-refractivity contribution in [3.05, 3.63) is 12.7 Å². The molecule has 3 N–H and O–H groups in total. The Balaban J connectivity index is 0. The van der Waals surface area contributed by atoms with Crippen LogP contribution in [-0.2, 0) is 10.1 Å². The Morgan fingerprint density at radius 1 is 0.929 bits per heavy atom. The maximum absolute atomic E-state index is 13.0. The molecule has 0 spiro atoms.